The van der Waals surface area contributed by atoms with E-state index in [-0.39, 0.29) is 23.3 Å². The molecule has 2 fully saturated rings. The predicted molar refractivity (Wildman–Crippen MR) is 74.9 cm³/mol. The van der Waals surface area contributed by atoms with E-state index in [4.69, 9.17) is 10.5 Å². The summed E-state index contributed by atoms with van der Waals surface area (Å²) in [5.74, 6) is -0.496. The summed E-state index contributed by atoms with van der Waals surface area (Å²) in [7, 11) is 3.61. The Morgan fingerprint density at radius 2 is 2.05 bits per heavy atom. The number of carbonyl (C=O) groups excluding carboxylic acids is 2. The number of nitrogens with two attached hydrogens (primary N) is 1. The van der Waals surface area contributed by atoms with Crippen LogP contribution in [0.3, 0.4) is 0 Å². The highest BCUT2D eigenvalue weighted by molar-refractivity contribution is 6.27. The SMILES string of the molecule is C=C1C2=C(C(=O)C(C)=C(N)C2=O)N2C[C@@H]3[C@@H](N3C)[C@@]12OC. The van der Waals surface area contributed by atoms with Gasteiger partial charge in [0.1, 0.15) is 0 Å². The standard InChI is InChI=1S/C15H17N3O3/c1-6-10(16)13(20)9-7(2)15(21-4)14-8(17(14)3)5-18(15)11(9)12(6)19/h8,14H,2,5,16H2,1,3-4H3/t8-,14-,15+,17?/m1/s1. The molecular formula is C15H17N3O3. The number of nitrogens with zero attached hydrogens (tertiary/aromatic N) is 2. The van der Waals surface area contributed by atoms with Gasteiger partial charge in [0.2, 0.25) is 11.6 Å². The van der Waals surface area contributed by atoms with Gasteiger partial charge in [-0.05, 0) is 14.0 Å². The first kappa shape index (κ1) is 12.8. The molecule has 0 bridgehead atoms. The molecule has 2 saturated heterocycles. The Morgan fingerprint density at radius 3 is 2.67 bits per heavy atom. The molecule has 0 aromatic heterocycles. The molecule has 0 aromatic rings. The molecule has 4 aliphatic rings. The zero-order chi connectivity index (χ0) is 15.3. The molecule has 2 N–H and O–H groups in total. The molecule has 110 valence electrons. The summed E-state index contributed by atoms with van der Waals surface area (Å²) < 4.78 is 5.80. The lowest BCUT2D eigenvalue weighted by molar-refractivity contribution is -0.119. The minimum atomic E-state index is -0.805. The Balaban J connectivity index is 1.91. The number of carbonyl (C=O) groups is 2. The van der Waals surface area contributed by atoms with Crippen molar-refractivity contribution in [2.75, 3.05) is 20.7 Å². The fourth-order valence-corrected chi connectivity index (χ4v) is 4.15. The second kappa shape index (κ2) is 3.45. The zero-order valence-electron chi connectivity index (χ0n) is 12.3. The van der Waals surface area contributed by atoms with E-state index in [2.05, 4.69) is 11.5 Å². The van der Waals surface area contributed by atoms with E-state index in [9.17, 15) is 9.59 Å². The fourth-order valence-electron chi connectivity index (χ4n) is 4.15. The van der Waals surface area contributed by atoms with Crippen LogP contribution in [0.5, 0.6) is 0 Å². The summed E-state index contributed by atoms with van der Waals surface area (Å²) in [5.41, 5.74) is 6.64. The Labute approximate surface area is 122 Å². The molecule has 3 aliphatic heterocycles. The molecule has 4 atom stereocenters. The van der Waals surface area contributed by atoms with Crippen molar-refractivity contribution in [1.29, 1.82) is 0 Å². The Kier molecular flexibility index (Phi) is 2.10. The maximum atomic E-state index is 12.6. The van der Waals surface area contributed by atoms with Gasteiger partial charge in [0, 0.05) is 30.8 Å². The summed E-state index contributed by atoms with van der Waals surface area (Å²) in [6, 6.07) is 0.463. The first-order valence-electron chi connectivity index (χ1n) is 6.92. The van der Waals surface area contributed by atoms with Crippen LogP contribution in [0.25, 0.3) is 0 Å². The van der Waals surface area contributed by atoms with E-state index in [1.807, 2.05) is 11.9 Å². The smallest absolute Gasteiger partial charge is 0.211 e. The van der Waals surface area contributed by atoms with Crippen LogP contribution in [0, 0.1) is 0 Å². The Hall–Kier alpha value is -1.92. The van der Waals surface area contributed by atoms with Crippen molar-refractivity contribution >= 4 is 11.6 Å². The summed E-state index contributed by atoms with van der Waals surface area (Å²) in [5, 5.41) is 0. The fraction of sp³-hybridized carbons (Fsp3) is 0.467. The molecule has 1 aliphatic carbocycles. The molecule has 0 amide bonds. The summed E-state index contributed by atoms with van der Waals surface area (Å²) in [6.45, 7) is 6.34. The van der Waals surface area contributed by atoms with Crippen LogP contribution in [0.2, 0.25) is 0 Å². The molecule has 0 saturated carbocycles. The number of ketones is 2. The average Bonchev–Trinajstić information content (AvgIpc) is 2.86. The van der Waals surface area contributed by atoms with Gasteiger partial charge in [-0.15, -0.1) is 0 Å². The minimum Gasteiger partial charge on any atom is -0.395 e. The lowest BCUT2D eigenvalue weighted by Gasteiger charge is -2.37. The van der Waals surface area contributed by atoms with Crippen LogP contribution in [0.1, 0.15) is 6.92 Å². The third kappa shape index (κ3) is 1.10. The van der Waals surface area contributed by atoms with E-state index in [1.165, 1.54) is 0 Å². The number of likely N-dealkylation sites (N-methyl/N-ethyl adjacent to an activating group) is 1. The molecule has 0 spiro atoms. The van der Waals surface area contributed by atoms with Crippen molar-refractivity contribution < 1.29 is 14.3 Å². The molecule has 0 radical (unpaired) electrons. The summed E-state index contributed by atoms with van der Waals surface area (Å²) in [6.07, 6.45) is 0. The number of ether oxygens (including phenoxy) is 1. The molecule has 21 heavy (non-hydrogen) atoms. The van der Waals surface area contributed by atoms with Gasteiger partial charge in [-0.3, -0.25) is 14.5 Å². The lowest BCUT2D eigenvalue weighted by atomic mass is 9.87. The van der Waals surface area contributed by atoms with Crippen LogP contribution >= 0.6 is 0 Å². The first-order valence-corrected chi connectivity index (χ1v) is 6.92. The van der Waals surface area contributed by atoms with Crippen LogP contribution in [0.4, 0.5) is 0 Å². The van der Waals surface area contributed by atoms with Gasteiger partial charge in [-0.1, -0.05) is 6.58 Å². The normalized spacial score (nSPS) is 40.8. The molecule has 3 heterocycles. The number of Topliss-reactive ketones (excluding diaryl/α,β-unsaturated/α-hetero) is 2. The van der Waals surface area contributed by atoms with Crippen molar-refractivity contribution in [3.8, 4) is 0 Å². The molecule has 4 rings (SSSR count). The number of fused-ring (bicyclic) bond motifs is 4. The summed E-state index contributed by atoms with van der Waals surface area (Å²) >= 11 is 0. The quantitative estimate of drug-likeness (QED) is 0.519. The number of allylic oxidation sites excluding steroid dienone is 2. The highest BCUT2D eigenvalue weighted by Crippen LogP contribution is 2.58. The van der Waals surface area contributed by atoms with Crippen LogP contribution < -0.4 is 5.73 Å². The number of hydrogen-bond acceptors (Lipinski definition) is 6. The highest BCUT2D eigenvalue weighted by Gasteiger charge is 2.73. The van der Waals surface area contributed by atoms with E-state index >= 15 is 0 Å². The number of rotatable bonds is 1. The average molecular weight is 287 g/mol. The van der Waals surface area contributed by atoms with Gasteiger partial charge in [-0.2, -0.15) is 0 Å². The third-order valence-corrected chi connectivity index (χ3v) is 5.39. The van der Waals surface area contributed by atoms with Gasteiger partial charge in [-0.25, -0.2) is 0 Å². The highest BCUT2D eigenvalue weighted by atomic mass is 16.5. The monoisotopic (exact) mass is 287 g/mol. The Morgan fingerprint density at radius 1 is 1.38 bits per heavy atom. The molecule has 0 aromatic carbocycles. The van der Waals surface area contributed by atoms with E-state index in [1.54, 1.807) is 14.0 Å². The van der Waals surface area contributed by atoms with E-state index < -0.39 is 5.72 Å². The van der Waals surface area contributed by atoms with E-state index in [0.29, 0.717) is 35.0 Å². The Bertz CT molecular complexity index is 705. The second-order valence-electron chi connectivity index (χ2n) is 6.09. The van der Waals surface area contributed by atoms with Crippen molar-refractivity contribution in [1.82, 2.24) is 9.80 Å². The summed E-state index contributed by atoms with van der Waals surface area (Å²) in [4.78, 5) is 29.2. The number of methoxy groups -OCH3 is 1. The van der Waals surface area contributed by atoms with Crippen LogP contribution in [0.15, 0.2) is 34.7 Å². The van der Waals surface area contributed by atoms with Crippen LogP contribution in [-0.4, -0.2) is 59.9 Å². The predicted octanol–water partition coefficient (Wildman–Crippen LogP) is -0.464. The molecular weight excluding hydrogens is 270 g/mol. The van der Waals surface area contributed by atoms with Gasteiger partial charge in [0.25, 0.3) is 0 Å². The minimum absolute atomic E-state index is 0.0213. The van der Waals surface area contributed by atoms with Crippen molar-refractivity contribution in [3.63, 3.8) is 0 Å². The van der Waals surface area contributed by atoms with Gasteiger partial charge in [0.05, 0.1) is 23.0 Å². The maximum absolute atomic E-state index is 12.6. The topological polar surface area (TPSA) is 75.6 Å². The zero-order valence-corrected chi connectivity index (χ0v) is 12.3. The van der Waals surface area contributed by atoms with Crippen molar-refractivity contribution in [2.45, 2.75) is 24.7 Å². The number of hydrogen-bond donors (Lipinski definition) is 1. The van der Waals surface area contributed by atoms with Crippen molar-refractivity contribution in [3.05, 3.63) is 34.7 Å². The van der Waals surface area contributed by atoms with E-state index in [0.717, 1.165) is 0 Å². The largest absolute Gasteiger partial charge is 0.395 e. The molecule has 1 unspecified atom stereocenters. The molecule has 6 nitrogen and oxygen atoms in total. The van der Waals surface area contributed by atoms with Crippen molar-refractivity contribution in [2.24, 2.45) is 5.73 Å². The van der Waals surface area contributed by atoms with Gasteiger partial charge < -0.3 is 15.4 Å². The first-order chi connectivity index (χ1) is 9.87. The third-order valence-electron chi connectivity index (χ3n) is 5.39. The lowest BCUT2D eigenvalue weighted by Crippen LogP contribution is -2.50. The maximum Gasteiger partial charge on any atom is 0.211 e. The van der Waals surface area contributed by atoms with Gasteiger partial charge in [0.15, 0.2) is 5.72 Å². The van der Waals surface area contributed by atoms with Crippen LogP contribution in [-0.2, 0) is 14.3 Å². The second-order valence-corrected chi connectivity index (χ2v) is 6.09. The van der Waals surface area contributed by atoms with Gasteiger partial charge >= 0.3 is 0 Å². The molecule has 6 heteroatoms. The number of piperazine rings is 1.